The van der Waals surface area contributed by atoms with Crippen molar-refractivity contribution >= 4 is 10.0 Å². The van der Waals surface area contributed by atoms with Crippen LogP contribution in [0.25, 0.3) is 0 Å². The van der Waals surface area contributed by atoms with E-state index in [1.165, 1.54) is 23.3 Å². The van der Waals surface area contributed by atoms with E-state index >= 15 is 0 Å². The van der Waals surface area contributed by atoms with Crippen molar-refractivity contribution in [1.82, 2.24) is 9.62 Å². The minimum Gasteiger partial charge on any atom is -0.299 e. The Balaban J connectivity index is 1.51. The molecule has 1 aliphatic heterocycles. The van der Waals surface area contributed by atoms with Gasteiger partial charge >= 0.3 is 0 Å². The smallest absolute Gasteiger partial charge is 0.240 e. The predicted octanol–water partition coefficient (Wildman–Crippen LogP) is 2.86. The topological polar surface area (TPSA) is 49.4 Å². The Morgan fingerprint density at radius 1 is 1.16 bits per heavy atom. The molecular weight excluding hydrogens is 339 g/mol. The van der Waals surface area contributed by atoms with Gasteiger partial charge in [-0.15, -0.1) is 0 Å². The largest absolute Gasteiger partial charge is 0.299 e. The van der Waals surface area contributed by atoms with Crippen molar-refractivity contribution in [3.63, 3.8) is 0 Å². The average Bonchev–Trinajstić information content (AvgIpc) is 2.60. The molecule has 0 saturated heterocycles. The van der Waals surface area contributed by atoms with Crippen LogP contribution in [-0.4, -0.2) is 33.0 Å². The van der Waals surface area contributed by atoms with Gasteiger partial charge in [0.25, 0.3) is 0 Å². The van der Waals surface area contributed by atoms with Crippen LogP contribution in [0.2, 0.25) is 0 Å². The SMILES string of the molecule is Cc1ccc(F)cc1S(=O)(=O)NCCCN1CCc2ccccc2C1. The molecule has 3 rings (SSSR count). The molecule has 134 valence electrons. The zero-order chi connectivity index (χ0) is 17.9. The van der Waals surface area contributed by atoms with Crippen LogP contribution in [0.15, 0.2) is 47.4 Å². The Kier molecular flexibility index (Phi) is 5.51. The number of fused-ring (bicyclic) bond motifs is 1. The highest BCUT2D eigenvalue weighted by Crippen LogP contribution is 2.19. The first-order chi connectivity index (χ1) is 12.0. The van der Waals surface area contributed by atoms with E-state index in [1.54, 1.807) is 6.92 Å². The molecule has 1 heterocycles. The molecule has 0 amide bonds. The number of halogens is 1. The summed E-state index contributed by atoms with van der Waals surface area (Å²) >= 11 is 0. The van der Waals surface area contributed by atoms with Crippen LogP contribution in [0.3, 0.4) is 0 Å². The number of nitrogens with one attached hydrogen (secondary N) is 1. The molecule has 2 aromatic carbocycles. The Labute approximate surface area is 148 Å². The van der Waals surface area contributed by atoms with Gasteiger partial charge in [-0.25, -0.2) is 17.5 Å². The normalized spacial score (nSPS) is 15.1. The lowest BCUT2D eigenvalue weighted by molar-refractivity contribution is 0.251. The van der Waals surface area contributed by atoms with Crippen molar-refractivity contribution in [3.8, 4) is 0 Å². The molecular formula is C19H23FN2O2S. The van der Waals surface area contributed by atoms with E-state index in [2.05, 4.69) is 33.9 Å². The summed E-state index contributed by atoms with van der Waals surface area (Å²) in [5, 5.41) is 0. The number of rotatable bonds is 6. The maximum Gasteiger partial charge on any atom is 0.240 e. The number of hydrogen-bond donors (Lipinski definition) is 1. The lowest BCUT2D eigenvalue weighted by Gasteiger charge is -2.28. The van der Waals surface area contributed by atoms with E-state index in [0.717, 1.165) is 38.5 Å². The highest BCUT2D eigenvalue weighted by Gasteiger charge is 2.18. The third-order valence-corrected chi connectivity index (χ3v) is 6.20. The van der Waals surface area contributed by atoms with Gasteiger partial charge in [0.2, 0.25) is 10.0 Å². The summed E-state index contributed by atoms with van der Waals surface area (Å²) < 4.78 is 40.6. The summed E-state index contributed by atoms with van der Waals surface area (Å²) in [6, 6.07) is 12.3. The molecule has 0 fully saturated rings. The third-order valence-electron chi connectivity index (χ3n) is 4.59. The lowest BCUT2D eigenvalue weighted by atomic mass is 10.00. The molecule has 0 atom stereocenters. The molecule has 1 N–H and O–H groups in total. The summed E-state index contributed by atoms with van der Waals surface area (Å²) in [4.78, 5) is 2.35. The first-order valence-electron chi connectivity index (χ1n) is 8.51. The second-order valence-electron chi connectivity index (χ2n) is 6.46. The number of hydrogen-bond acceptors (Lipinski definition) is 3. The van der Waals surface area contributed by atoms with Gasteiger partial charge in [-0.2, -0.15) is 0 Å². The predicted molar refractivity (Wildman–Crippen MR) is 96.4 cm³/mol. The molecule has 2 aromatic rings. The second-order valence-corrected chi connectivity index (χ2v) is 8.19. The number of nitrogens with zero attached hydrogens (tertiary/aromatic N) is 1. The first-order valence-corrected chi connectivity index (χ1v) is 9.99. The molecule has 1 aliphatic rings. The Bertz CT molecular complexity index is 852. The van der Waals surface area contributed by atoms with Gasteiger partial charge < -0.3 is 0 Å². The van der Waals surface area contributed by atoms with Crippen molar-refractivity contribution < 1.29 is 12.8 Å². The van der Waals surface area contributed by atoms with E-state index in [-0.39, 0.29) is 4.90 Å². The van der Waals surface area contributed by atoms with Gasteiger partial charge in [0.15, 0.2) is 0 Å². The molecule has 0 bridgehead atoms. The first kappa shape index (κ1) is 18.0. The fourth-order valence-electron chi connectivity index (χ4n) is 3.20. The summed E-state index contributed by atoms with van der Waals surface area (Å²) in [6.45, 7) is 4.74. The van der Waals surface area contributed by atoms with E-state index < -0.39 is 15.8 Å². The van der Waals surface area contributed by atoms with Crippen molar-refractivity contribution in [3.05, 3.63) is 65.0 Å². The Morgan fingerprint density at radius 2 is 1.92 bits per heavy atom. The number of benzene rings is 2. The van der Waals surface area contributed by atoms with Crippen LogP contribution in [0, 0.1) is 12.7 Å². The van der Waals surface area contributed by atoms with Crippen LogP contribution in [0.1, 0.15) is 23.1 Å². The standard InChI is InChI=1S/C19H23FN2O2S/c1-15-7-8-18(20)13-19(15)25(23,24)21-10-4-11-22-12-9-16-5-2-3-6-17(16)14-22/h2-3,5-8,13,21H,4,9-12,14H2,1H3. The fourth-order valence-corrected chi connectivity index (χ4v) is 4.52. The van der Waals surface area contributed by atoms with Gasteiger partial charge in [-0.3, -0.25) is 4.90 Å². The maximum atomic E-state index is 13.3. The molecule has 0 radical (unpaired) electrons. The highest BCUT2D eigenvalue weighted by molar-refractivity contribution is 7.89. The summed E-state index contributed by atoms with van der Waals surface area (Å²) in [5.74, 6) is -0.544. The molecule has 25 heavy (non-hydrogen) atoms. The molecule has 6 heteroatoms. The number of sulfonamides is 1. The van der Waals surface area contributed by atoms with Crippen molar-refractivity contribution in [2.45, 2.75) is 31.2 Å². The monoisotopic (exact) mass is 362 g/mol. The Hall–Kier alpha value is -1.76. The van der Waals surface area contributed by atoms with E-state index in [0.29, 0.717) is 12.1 Å². The molecule has 4 nitrogen and oxygen atoms in total. The van der Waals surface area contributed by atoms with Crippen LogP contribution in [0.4, 0.5) is 4.39 Å². The van der Waals surface area contributed by atoms with Crippen LogP contribution < -0.4 is 4.72 Å². The van der Waals surface area contributed by atoms with E-state index in [9.17, 15) is 12.8 Å². The van der Waals surface area contributed by atoms with Crippen molar-refractivity contribution in [2.24, 2.45) is 0 Å². The van der Waals surface area contributed by atoms with Crippen LogP contribution in [-0.2, 0) is 23.0 Å². The highest BCUT2D eigenvalue weighted by atomic mass is 32.2. The van der Waals surface area contributed by atoms with E-state index in [1.807, 2.05) is 0 Å². The zero-order valence-corrected chi connectivity index (χ0v) is 15.2. The summed E-state index contributed by atoms with van der Waals surface area (Å²) in [6.07, 6.45) is 1.75. The quantitative estimate of drug-likeness (QED) is 0.804. The second kappa shape index (κ2) is 7.64. The minimum atomic E-state index is -3.67. The van der Waals surface area contributed by atoms with Crippen LogP contribution >= 0.6 is 0 Å². The summed E-state index contributed by atoms with van der Waals surface area (Å²) in [7, 11) is -3.67. The molecule has 0 spiro atoms. The maximum absolute atomic E-state index is 13.3. The number of aryl methyl sites for hydroxylation is 1. The summed E-state index contributed by atoms with van der Waals surface area (Å²) in [5.41, 5.74) is 3.30. The van der Waals surface area contributed by atoms with Gasteiger partial charge in [0.05, 0.1) is 4.90 Å². The third kappa shape index (κ3) is 4.45. The molecule has 0 aliphatic carbocycles. The van der Waals surface area contributed by atoms with Gasteiger partial charge in [-0.1, -0.05) is 30.3 Å². The van der Waals surface area contributed by atoms with Crippen LogP contribution in [0.5, 0.6) is 0 Å². The molecule has 0 saturated carbocycles. The molecule has 0 aromatic heterocycles. The fraction of sp³-hybridized carbons (Fsp3) is 0.368. The van der Waals surface area contributed by atoms with Crippen molar-refractivity contribution in [2.75, 3.05) is 19.6 Å². The van der Waals surface area contributed by atoms with Gasteiger partial charge in [0, 0.05) is 19.6 Å². The molecule has 0 unspecified atom stereocenters. The lowest BCUT2D eigenvalue weighted by Crippen LogP contribution is -2.33. The van der Waals surface area contributed by atoms with Gasteiger partial charge in [0.1, 0.15) is 5.82 Å². The minimum absolute atomic E-state index is 0.0133. The van der Waals surface area contributed by atoms with Crippen molar-refractivity contribution in [1.29, 1.82) is 0 Å². The van der Waals surface area contributed by atoms with Gasteiger partial charge in [-0.05, 0) is 55.1 Å². The van der Waals surface area contributed by atoms with E-state index in [4.69, 9.17) is 0 Å². The average molecular weight is 362 g/mol. The zero-order valence-electron chi connectivity index (χ0n) is 14.3. The Morgan fingerprint density at radius 3 is 2.72 bits per heavy atom.